The first-order chi connectivity index (χ1) is 17.1. The van der Waals surface area contributed by atoms with E-state index >= 15 is 0 Å². The van der Waals surface area contributed by atoms with Gasteiger partial charge in [-0.05, 0) is 64.9 Å². The van der Waals surface area contributed by atoms with Crippen molar-refractivity contribution in [1.82, 2.24) is 24.1 Å². The number of pyridine rings is 1. The second-order valence-corrected chi connectivity index (χ2v) is 14.3. The van der Waals surface area contributed by atoms with Crippen LogP contribution in [-0.4, -0.2) is 47.8 Å². The Morgan fingerprint density at radius 3 is 2.69 bits per heavy atom. The number of nitrogens with two attached hydrogens (primary N) is 1. The van der Waals surface area contributed by atoms with Crippen LogP contribution in [-0.2, 0) is 11.4 Å². The molecular weight excluding hydrogens is 514 g/mol. The van der Waals surface area contributed by atoms with Gasteiger partial charge in [0.1, 0.15) is 10.6 Å². The van der Waals surface area contributed by atoms with Crippen LogP contribution in [0.2, 0.25) is 5.02 Å². The number of imidazole rings is 1. The fourth-order valence-electron chi connectivity index (χ4n) is 5.40. The van der Waals surface area contributed by atoms with E-state index in [1.165, 1.54) is 24.6 Å². The summed E-state index contributed by atoms with van der Waals surface area (Å²) in [5, 5.41) is 0.448. The largest absolute Gasteiger partial charge is 0.598 e. The molecule has 4 heterocycles. The monoisotopic (exact) mass is 547 g/mol. The minimum Gasteiger partial charge on any atom is -0.598 e. The molecule has 11 heteroatoms. The lowest BCUT2D eigenvalue weighted by Gasteiger charge is -2.44. The molecule has 1 aliphatic carbocycles. The van der Waals surface area contributed by atoms with Gasteiger partial charge in [0, 0.05) is 47.9 Å². The van der Waals surface area contributed by atoms with Crippen molar-refractivity contribution in [2.75, 3.05) is 23.7 Å². The third-order valence-corrected chi connectivity index (χ3v) is 10.9. The highest BCUT2D eigenvalue weighted by Gasteiger charge is 2.48. The van der Waals surface area contributed by atoms with Crippen LogP contribution < -0.4 is 15.4 Å². The number of aromatic nitrogens is 4. The molecule has 1 saturated carbocycles. The molecular formula is C25H34ClN7OS2. The number of nitrogens with one attached hydrogen (secondary N) is 1. The lowest BCUT2D eigenvalue weighted by atomic mass is 9.74. The Kier molecular flexibility index (Phi) is 7.10. The summed E-state index contributed by atoms with van der Waals surface area (Å²) in [6, 6.07) is 2.16. The van der Waals surface area contributed by atoms with Gasteiger partial charge in [0.05, 0.1) is 21.7 Å². The van der Waals surface area contributed by atoms with Crippen molar-refractivity contribution >= 4 is 52.1 Å². The van der Waals surface area contributed by atoms with Crippen LogP contribution in [0.5, 0.6) is 0 Å². The van der Waals surface area contributed by atoms with Crippen molar-refractivity contribution in [1.29, 1.82) is 0 Å². The summed E-state index contributed by atoms with van der Waals surface area (Å²) in [5.41, 5.74) is 7.88. The molecule has 2 unspecified atom stereocenters. The van der Waals surface area contributed by atoms with Crippen molar-refractivity contribution in [3.8, 4) is 0 Å². The number of anilines is 2. The van der Waals surface area contributed by atoms with Gasteiger partial charge in [0.15, 0.2) is 5.65 Å². The molecule has 2 fully saturated rings. The number of halogens is 1. The van der Waals surface area contributed by atoms with Crippen LogP contribution in [0.4, 0.5) is 11.8 Å². The van der Waals surface area contributed by atoms with Gasteiger partial charge in [-0.25, -0.2) is 15.0 Å². The van der Waals surface area contributed by atoms with E-state index in [1.54, 1.807) is 6.20 Å². The van der Waals surface area contributed by atoms with E-state index in [0.717, 1.165) is 59.4 Å². The highest BCUT2D eigenvalue weighted by atomic mass is 35.5. The molecule has 2 atom stereocenters. The summed E-state index contributed by atoms with van der Waals surface area (Å²) in [6.45, 7) is 9.94. The standard InChI is InChI=1S/C25H34ClN7OS2/c1-16-20(35-17-7-11-28-21(27)19(17)26)22-29-12-15-33(22)23(30-16)32-13-9-25(10-14-32)8-5-6-18(25)31-36(34)24(2,3)4/h7,11-12,15,18,31H,5-6,8-10,13-14H2,1-4H3,(H2,27,28). The second kappa shape index (κ2) is 9.87. The van der Waals surface area contributed by atoms with Crippen molar-refractivity contribution in [2.24, 2.45) is 5.41 Å². The summed E-state index contributed by atoms with van der Waals surface area (Å²) in [5.74, 6) is 1.23. The molecule has 2 aliphatic rings. The molecule has 194 valence electrons. The Balaban J connectivity index is 1.37. The lowest BCUT2D eigenvalue weighted by molar-refractivity contribution is 0.186. The predicted molar refractivity (Wildman–Crippen MR) is 148 cm³/mol. The Hall–Kier alpha value is -1.72. The number of nitrogen functional groups attached to an aromatic ring is 1. The molecule has 1 aliphatic heterocycles. The third kappa shape index (κ3) is 4.78. The maximum absolute atomic E-state index is 12.8. The quantitative estimate of drug-likeness (QED) is 0.429. The van der Waals surface area contributed by atoms with E-state index in [4.69, 9.17) is 22.3 Å². The normalized spacial score (nSPS) is 20.9. The average molecular weight is 548 g/mol. The lowest BCUT2D eigenvalue weighted by Crippen LogP contribution is -2.53. The highest BCUT2D eigenvalue weighted by molar-refractivity contribution is 7.99. The molecule has 3 aromatic heterocycles. The van der Waals surface area contributed by atoms with Gasteiger partial charge in [-0.15, -0.1) is 4.72 Å². The van der Waals surface area contributed by atoms with E-state index < -0.39 is 11.4 Å². The Bertz CT molecular complexity index is 1250. The maximum Gasteiger partial charge on any atom is 0.211 e. The molecule has 0 aromatic carbocycles. The fourth-order valence-corrected chi connectivity index (χ4v) is 7.59. The summed E-state index contributed by atoms with van der Waals surface area (Å²) >= 11 is 6.88. The molecule has 1 spiro atoms. The zero-order valence-corrected chi connectivity index (χ0v) is 23.6. The highest BCUT2D eigenvalue weighted by Crippen LogP contribution is 2.48. The van der Waals surface area contributed by atoms with Crippen molar-refractivity contribution in [3.05, 3.63) is 35.4 Å². The molecule has 5 rings (SSSR count). The van der Waals surface area contributed by atoms with Gasteiger partial charge < -0.3 is 15.2 Å². The van der Waals surface area contributed by atoms with Gasteiger partial charge in [0.25, 0.3) is 0 Å². The van der Waals surface area contributed by atoms with Gasteiger partial charge in [0.2, 0.25) is 5.95 Å². The predicted octanol–water partition coefficient (Wildman–Crippen LogP) is 5.01. The zero-order chi connectivity index (χ0) is 25.7. The van der Waals surface area contributed by atoms with E-state index in [0.29, 0.717) is 16.9 Å². The number of hydrogen-bond acceptors (Lipinski definition) is 8. The third-order valence-electron chi connectivity index (χ3n) is 7.50. The second-order valence-electron chi connectivity index (χ2n) is 10.9. The Morgan fingerprint density at radius 1 is 1.22 bits per heavy atom. The molecule has 3 N–H and O–H groups in total. The molecule has 8 nitrogen and oxygen atoms in total. The molecule has 1 saturated heterocycles. The molecule has 36 heavy (non-hydrogen) atoms. The number of piperidine rings is 1. The first-order valence-electron chi connectivity index (χ1n) is 12.4. The summed E-state index contributed by atoms with van der Waals surface area (Å²) in [7, 11) is 0. The Morgan fingerprint density at radius 2 is 1.97 bits per heavy atom. The van der Waals surface area contributed by atoms with E-state index in [9.17, 15) is 4.55 Å². The number of nitrogens with zero attached hydrogens (tertiary/aromatic N) is 5. The average Bonchev–Trinajstić information content (AvgIpc) is 3.46. The van der Waals surface area contributed by atoms with E-state index in [2.05, 4.69) is 24.0 Å². The topological polar surface area (TPSA) is 107 Å². The van der Waals surface area contributed by atoms with Crippen molar-refractivity contribution in [2.45, 2.75) is 80.4 Å². The summed E-state index contributed by atoms with van der Waals surface area (Å²) in [6.07, 6.45) is 11.1. The smallest absolute Gasteiger partial charge is 0.211 e. The molecule has 3 aromatic rings. The van der Waals surface area contributed by atoms with Crippen LogP contribution in [0.15, 0.2) is 34.4 Å². The van der Waals surface area contributed by atoms with Crippen molar-refractivity contribution in [3.63, 3.8) is 0 Å². The van der Waals surface area contributed by atoms with Gasteiger partial charge in [-0.3, -0.25) is 4.40 Å². The van der Waals surface area contributed by atoms with Crippen LogP contribution >= 0.6 is 23.4 Å². The molecule has 0 bridgehead atoms. The zero-order valence-electron chi connectivity index (χ0n) is 21.3. The maximum atomic E-state index is 12.8. The Labute approximate surface area is 225 Å². The van der Waals surface area contributed by atoms with Crippen LogP contribution in [0.1, 0.15) is 58.6 Å². The summed E-state index contributed by atoms with van der Waals surface area (Å²) < 4.78 is 18.2. The van der Waals surface area contributed by atoms with E-state index in [1.807, 2.05) is 46.2 Å². The first-order valence-corrected chi connectivity index (χ1v) is 14.8. The van der Waals surface area contributed by atoms with E-state index in [-0.39, 0.29) is 10.2 Å². The number of aryl methyl sites for hydroxylation is 1. The molecule has 0 radical (unpaired) electrons. The van der Waals surface area contributed by atoms with Crippen molar-refractivity contribution < 1.29 is 4.55 Å². The SMILES string of the molecule is Cc1nc(N2CCC3(CCCC3N[S+]([O-])C(C)(C)C)CC2)n2ccnc2c1Sc1ccnc(N)c1Cl. The van der Waals surface area contributed by atoms with Gasteiger partial charge >= 0.3 is 0 Å². The van der Waals surface area contributed by atoms with Crippen LogP contribution in [0.25, 0.3) is 5.65 Å². The summed E-state index contributed by atoms with van der Waals surface area (Å²) in [4.78, 5) is 17.9. The number of rotatable bonds is 5. The number of fused-ring (bicyclic) bond motifs is 1. The molecule has 0 amide bonds. The van der Waals surface area contributed by atoms with Gasteiger partial charge in [-0.2, -0.15) is 0 Å². The van der Waals surface area contributed by atoms with Crippen LogP contribution in [0.3, 0.4) is 0 Å². The number of hydrogen-bond donors (Lipinski definition) is 2. The fraction of sp³-hybridized carbons (Fsp3) is 0.560. The minimum atomic E-state index is -1.05. The van der Waals surface area contributed by atoms with Crippen LogP contribution in [0, 0.1) is 12.3 Å². The minimum absolute atomic E-state index is 0.203. The van der Waals surface area contributed by atoms with Gasteiger partial charge in [-0.1, -0.05) is 29.8 Å². The first kappa shape index (κ1) is 25.9.